The number of carbonyl (C=O) groups excluding carboxylic acids is 1. The molecule has 1 aromatic rings. The van der Waals surface area contributed by atoms with Gasteiger partial charge >= 0.3 is 0 Å². The highest BCUT2D eigenvalue weighted by molar-refractivity contribution is 7.99. The Morgan fingerprint density at radius 3 is 2.65 bits per heavy atom. The monoisotopic (exact) mass is 358 g/mol. The molecule has 0 spiro atoms. The molecule has 2 heterocycles. The molecular weight excluding hydrogens is 336 g/mol. The molecule has 1 aliphatic carbocycles. The van der Waals surface area contributed by atoms with Crippen molar-refractivity contribution in [1.29, 1.82) is 0 Å². The molecule has 128 valence electrons. The van der Waals surface area contributed by atoms with Crippen molar-refractivity contribution in [2.75, 3.05) is 17.3 Å². The smallest absolute Gasteiger partial charge is 0.233 e. The molecule has 23 heavy (non-hydrogen) atoms. The number of hydrogen-bond acceptors (Lipinski definition) is 6. The minimum atomic E-state index is -3.00. The van der Waals surface area contributed by atoms with Crippen LogP contribution in [0.4, 0.5) is 0 Å². The van der Waals surface area contributed by atoms with Gasteiger partial charge in [0.1, 0.15) is 6.33 Å². The number of aromatic nitrogens is 3. The van der Waals surface area contributed by atoms with Crippen molar-refractivity contribution in [2.24, 2.45) is 7.05 Å². The van der Waals surface area contributed by atoms with E-state index in [1.54, 1.807) is 10.9 Å². The van der Waals surface area contributed by atoms with Crippen molar-refractivity contribution < 1.29 is 13.2 Å². The zero-order chi connectivity index (χ0) is 16.4. The number of rotatable bonds is 5. The summed E-state index contributed by atoms with van der Waals surface area (Å²) in [6, 6.07) is 0.0385. The number of sulfone groups is 1. The zero-order valence-corrected chi connectivity index (χ0v) is 14.9. The third-order valence-electron chi connectivity index (χ3n) is 4.60. The number of aryl methyl sites for hydroxylation is 1. The highest BCUT2D eigenvalue weighted by Crippen LogP contribution is 2.30. The number of thioether (sulfide) groups is 1. The lowest BCUT2D eigenvalue weighted by atomic mass is 10.1. The van der Waals surface area contributed by atoms with Gasteiger partial charge < -0.3 is 9.47 Å². The fourth-order valence-electron chi connectivity index (χ4n) is 3.49. The number of hydrogen-bond donors (Lipinski definition) is 0. The topological polar surface area (TPSA) is 85.2 Å². The summed E-state index contributed by atoms with van der Waals surface area (Å²) in [5.41, 5.74) is 0. The Bertz CT molecular complexity index is 667. The van der Waals surface area contributed by atoms with Crippen LogP contribution in [0.3, 0.4) is 0 Å². The Hall–Kier alpha value is -1.09. The van der Waals surface area contributed by atoms with Gasteiger partial charge in [-0.05, 0) is 19.3 Å². The second-order valence-electron chi connectivity index (χ2n) is 6.31. The average Bonchev–Trinajstić information content (AvgIpc) is 3.20. The molecule has 0 radical (unpaired) electrons. The molecule has 0 N–H and O–H groups in total. The van der Waals surface area contributed by atoms with E-state index in [1.807, 2.05) is 11.9 Å². The lowest BCUT2D eigenvalue weighted by Crippen LogP contribution is -2.47. The van der Waals surface area contributed by atoms with Gasteiger partial charge in [-0.1, -0.05) is 24.6 Å². The van der Waals surface area contributed by atoms with Crippen LogP contribution in [0.5, 0.6) is 0 Å². The molecule has 1 atom stereocenters. The second-order valence-corrected chi connectivity index (χ2v) is 9.48. The Morgan fingerprint density at radius 1 is 1.35 bits per heavy atom. The van der Waals surface area contributed by atoms with Crippen LogP contribution in [0.2, 0.25) is 0 Å². The molecule has 3 rings (SSSR count). The first kappa shape index (κ1) is 16.8. The lowest BCUT2D eigenvalue weighted by Gasteiger charge is -2.34. The standard InChI is InChI=1S/C14H22N4O3S2/c1-17-10-15-16-14(17)22-8-13(19)18(11-4-2-3-5-11)12-6-7-23(20,21)9-12/h10-12H,2-9H2,1H3. The highest BCUT2D eigenvalue weighted by Gasteiger charge is 2.38. The van der Waals surface area contributed by atoms with E-state index < -0.39 is 9.84 Å². The molecule has 2 fully saturated rings. The predicted octanol–water partition coefficient (Wildman–Crippen LogP) is 0.865. The first-order chi connectivity index (χ1) is 11.0. The summed E-state index contributed by atoms with van der Waals surface area (Å²) in [4.78, 5) is 14.7. The van der Waals surface area contributed by atoms with Gasteiger partial charge in [0.05, 0.1) is 17.3 Å². The fraction of sp³-hybridized carbons (Fsp3) is 0.786. The molecule has 0 bridgehead atoms. The molecule has 1 saturated heterocycles. The molecule has 7 nitrogen and oxygen atoms in total. The summed E-state index contributed by atoms with van der Waals surface area (Å²) in [5, 5.41) is 8.48. The fourth-order valence-corrected chi connectivity index (χ4v) is 5.96. The maximum absolute atomic E-state index is 12.8. The molecule has 1 aromatic heterocycles. The SMILES string of the molecule is Cn1cnnc1SCC(=O)N(C1CCCC1)C1CCS(=O)(=O)C1. The van der Waals surface area contributed by atoms with Crippen LogP contribution < -0.4 is 0 Å². The molecule has 0 aromatic carbocycles. The van der Waals surface area contributed by atoms with Crippen LogP contribution in [0, 0.1) is 0 Å². The van der Waals surface area contributed by atoms with Gasteiger partial charge in [-0.3, -0.25) is 4.79 Å². The van der Waals surface area contributed by atoms with E-state index in [1.165, 1.54) is 11.8 Å². The molecule has 2 aliphatic rings. The van der Waals surface area contributed by atoms with Crippen LogP contribution in [-0.4, -0.2) is 63.3 Å². The Morgan fingerprint density at radius 2 is 2.09 bits per heavy atom. The highest BCUT2D eigenvalue weighted by atomic mass is 32.2. The van der Waals surface area contributed by atoms with Gasteiger partial charge in [-0.2, -0.15) is 0 Å². The van der Waals surface area contributed by atoms with Crippen molar-refractivity contribution in [1.82, 2.24) is 19.7 Å². The third-order valence-corrected chi connectivity index (χ3v) is 7.37. The molecule has 9 heteroatoms. The normalized spacial score (nSPS) is 24.1. The van der Waals surface area contributed by atoms with E-state index in [4.69, 9.17) is 0 Å². The van der Waals surface area contributed by atoms with Crippen molar-refractivity contribution in [3.63, 3.8) is 0 Å². The summed E-state index contributed by atoms with van der Waals surface area (Å²) in [5.74, 6) is 0.612. The van der Waals surface area contributed by atoms with Gasteiger partial charge in [0.2, 0.25) is 5.91 Å². The quantitative estimate of drug-likeness (QED) is 0.726. The van der Waals surface area contributed by atoms with E-state index >= 15 is 0 Å². The molecule has 1 aliphatic heterocycles. The largest absolute Gasteiger partial charge is 0.335 e. The van der Waals surface area contributed by atoms with Gasteiger partial charge in [0.15, 0.2) is 15.0 Å². The van der Waals surface area contributed by atoms with Crippen LogP contribution in [0.1, 0.15) is 32.1 Å². The minimum absolute atomic E-state index is 0.0204. The van der Waals surface area contributed by atoms with Crippen molar-refractivity contribution in [3.8, 4) is 0 Å². The minimum Gasteiger partial charge on any atom is -0.335 e. The van der Waals surface area contributed by atoms with Crippen molar-refractivity contribution in [2.45, 2.75) is 49.3 Å². The van der Waals surface area contributed by atoms with Crippen molar-refractivity contribution >= 4 is 27.5 Å². The maximum atomic E-state index is 12.8. The molecule has 1 amide bonds. The van der Waals surface area contributed by atoms with Crippen molar-refractivity contribution in [3.05, 3.63) is 6.33 Å². The van der Waals surface area contributed by atoms with E-state index in [9.17, 15) is 13.2 Å². The first-order valence-corrected chi connectivity index (χ1v) is 10.8. The summed E-state index contributed by atoms with van der Waals surface area (Å²) in [7, 11) is -1.16. The Kier molecular flexibility index (Phi) is 4.96. The second kappa shape index (κ2) is 6.80. The van der Waals surface area contributed by atoms with E-state index in [-0.39, 0.29) is 35.2 Å². The summed E-state index contributed by atoms with van der Waals surface area (Å²) in [6.07, 6.45) is 6.37. The predicted molar refractivity (Wildman–Crippen MR) is 87.9 cm³/mol. The van der Waals surface area contributed by atoms with E-state index in [0.29, 0.717) is 11.6 Å². The van der Waals surface area contributed by atoms with Crippen LogP contribution in [0.25, 0.3) is 0 Å². The number of carbonyl (C=O) groups is 1. The third kappa shape index (κ3) is 3.88. The molecular formula is C14H22N4O3S2. The van der Waals surface area contributed by atoms with Crippen LogP contribution in [0.15, 0.2) is 11.5 Å². The molecule has 1 unspecified atom stereocenters. The number of amides is 1. The Balaban J connectivity index is 1.69. The first-order valence-electron chi connectivity index (χ1n) is 7.94. The van der Waals surface area contributed by atoms with Gasteiger partial charge in [0.25, 0.3) is 0 Å². The number of nitrogens with zero attached hydrogens (tertiary/aromatic N) is 4. The van der Waals surface area contributed by atoms with Gasteiger partial charge in [0, 0.05) is 19.1 Å². The zero-order valence-electron chi connectivity index (χ0n) is 13.2. The van der Waals surface area contributed by atoms with E-state index in [0.717, 1.165) is 25.7 Å². The van der Waals surface area contributed by atoms with Gasteiger partial charge in [-0.15, -0.1) is 10.2 Å². The van der Waals surface area contributed by atoms with Crippen LogP contribution in [-0.2, 0) is 21.7 Å². The average molecular weight is 358 g/mol. The lowest BCUT2D eigenvalue weighted by molar-refractivity contribution is -0.132. The van der Waals surface area contributed by atoms with Gasteiger partial charge in [-0.25, -0.2) is 8.42 Å². The van der Waals surface area contributed by atoms with Crippen LogP contribution >= 0.6 is 11.8 Å². The van der Waals surface area contributed by atoms with E-state index in [2.05, 4.69) is 10.2 Å². The summed E-state index contributed by atoms with van der Waals surface area (Å²) >= 11 is 1.36. The maximum Gasteiger partial charge on any atom is 0.233 e. The summed E-state index contributed by atoms with van der Waals surface area (Å²) < 4.78 is 25.4. The summed E-state index contributed by atoms with van der Waals surface area (Å²) in [6.45, 7) is 0. The Labute approximate surface area is 140 Å². The molecule has 1 saturated carbocycles.